The molecule has 0 bridgehead atoms. The summed E-state index contributed by atoms with van der Waals surface area (Å²) in [6.45, 7) is 0.201. The van der Waals surface area contributed by atoms with Crippen molar-refractivity contribution in [3.63, 3.8) is 0 Å². The summed E-state index contributed by atoms with van der Waals surface area (Å²) < 4.78 is 18.6. The van der Waals surface area contributed by atoms with Crippen molar-refractivity contribution in [2.24, 2.45) is 0 Å². The van der Waals surface area contributed by atoms with Gasteiger partial charge in [-0.3, -0.25) is 0 Å². The highest BCUT2D eigenvalue weighted by molar-refractivity contribution is 6.30. The summed E-state index contributed by atoms with van der Waals surface area (Å²) in [4.78, 5) is 3.75. The molecule has 0 saturated carbocycles. The summed E-state index contributed by atoms with van der Waals surface area (Å²) in [6.07, 6.45) is 1.33. The Labute approximate surface area is 108 Å². The van der Waals surface area contributed by atoms with Crippen LogP contribution in [-0.4, -0.2) is 4.98 Å². The van der Waals surface area contributed by atoms with Gasteiger partial charge in [0.25, 0.3) is 5.88 Å². The van der Waals surface area contributed by atoms with Crippen LogP contribution in [0.4, 0.5) is 4.39 Å². The van der Waals surface area contributed by atoms with Gasteiger partial charge in [0.15, 0.2) is 5.82 Å². The standard InChI is InChI=1S/C12H8Cl2FNO/c13-9-3-1-2-8(4-9)7-17-12-11(15)5-10(14)6-16-12/h1-6H,7H2. The molecule has 0 spiro atoms. The highest BCUT2D eigenvalue weighted by Gasteiger charge is 2.06. The molecule has 5 heteroatoms. The Bertz CT molecular complexity index is 534. The van der Waals surface area contributed by atoms with E-state index in [9.17, 15) is 4.39 Å². The second-order valence-electron chi connectivity index (χ2n) is 3.36. The molecule has 0 saturated heterocycles. The van der Waals surface area contributed by atoms with Crippen LogP contribution in [0.5, 0.6) is 5.88 Å². The molecule has 0 fully saturated rings. The predicted molar refractivity (Wildman–Crippen MR) is 65.0 cm³/mol. The van der Waals surface area contributed by atoms with Crippen LogP contribution < -0.4 is 4.74 Å². The molecule has 0 aliphatic rings. The van der Waals surface area contributed by atoms with Gasteiger partial charge in [-0.25, -0.2) is 9.37 Å². The molecule has 0 aliphatic carbocycles. The Morgan fingerprint density at radius 3 is 2.71 bits per heavy atom. The van der Waals surface area contributed by atoms with Crippen molar-refractivity contribution >= 4 is 23.2 Å². The van der Waals surface area contributed by atoms with Crippen molar-refractivity contribution in [2.75, 3.05) is 0 Å². The van der Waals surface area contributed by atoms with E-state index in [1.807, 2.05) is 6.07 Å². The third kappa shape index (κ3) is 3.32. The maximum Gasteiger partial charge on any atom is 0.250 e. The van der Waals surface area contributed by atoms with Crippen molar-refractivity contribution in [3.05, 3.63) is 58.0 Å². The predicted octanol–water partition coefficient (Wildman–Crippen LogP) is 4.11. The highest BCUT2D eigenvalue weighted by atomic mass is 35.5. The van der Waals surface area contributed by atoms with E-state index < -0.39 is 5.82 Å². The van der Waals surface area contributed by atoms with Gasteiger partial charge in [-0.15, -0.1) is 0 Å². The second-order valence-corrected chi connectivity index (χ2v) is 4.23. The lowest BCUT2D eigenvalue weighted by atomic mass is 10.2. The lowest BCUT2D eigenvalue weighted by Crippen LogP contribution is -1.99. The Hall–Kier alpha value is -1.32. The van der Waals surface area contributed by atoms with E-state index in [1.165, 1.54) is 6.20 Å². The third-order valence-corrected chi connectivity index (χ3v) is 2.48. The minimum Gasteiger partial charge on any atom is -0.471 e. The van der Waals surface area contributed by atoms with Crippen molar-refractivity contribution in [3.8, 4) is 5.88 Å². The number of nitrogens with zero attached hydrogens (tertiary/aromatic N) is 1. The number of halogens is 3. The van der Waals surface area contributed by atoms with Crippen molar-refractivity contribution in [1.82, 2.24) is 4.98 Å². The summed E-state index contributed by atoms with van der Waals surface area (Å²) in [6, 6.07) is 8.29. The fourth-order valence-electron chi connectivity index (χ4n) is 1.29. The average Bonchev–Trinajstić information content (AvgIpc) is 2.28. The van der Waals surface area contributed by atoms with Gasteiger partial charge in [-0.1, -0.05) is 35.3 Å². The van der Waals surface area contributed by atoms with E-state index >= 15 is 0 Å². The molecule has 0 aliphatic heterocycles. The van der Waals surface area contributed by atoms with E-state index in [-0.39, 0.29) is 17.5 Å². The third-order valence-electron chi connectivity index (χ3n) is 2.04. The molecule has 2 aromatic rings. The maximum absolute atomic E-state index is 13.3. The molecule has 0 amide bonds. The first-order valence-corrected chi connectivity index (χ1v) is 5.59. The molecule has 88 valence electrons. The zero-order valence-corrected chi connectivity index (χ0v) is 10.2. The smallest absolute Gasteiger partial charge is 0.250 e. The quantitative estimate of drug-likeness (QED) is 0.838. The fraction of sp³-hybridized carbons (Fsp3) is 0.0833. The first-order chi connectivity index (χ1) is 8.15. The van der Waals surface area contributed by atoms with Gasteiger partial charge in [-0.05, 0) is 23.8 Å². The van der Waals surface area contributed by atoms with Gasteiger partial charge in [0, 0.05) is 11.2 Å². The van der Waals surface area contributed by atoms with Crippen LogP contribution >= 0.6 is 23.2 Å². The Kier molecular flexibility index (Phi) is 3.82. The Morgan fingerprint density at radius 1 is 1.18 bits per heavy atom. The molecule has 1 aromatic carbocycles. The van der Waals surface area contributed by atoms with Crippen LogP contribution in [0.15, 0.2) is 36.5 Å². The largest absolute Gasteiger partial charge is 0.471 e. The topological polar surface area (TPSA) is 22.1 Å². The minimum absolute atomic E-state index is 0.0747. The lowest BCUT2D eigenvalue weighted by Gasteiger charge is -2.06. The summed E-state index contributed by atoms with van der Waals surface area (Å²) in [7, 11) is 0. The number of hydrogen-bond acceptors (Lipinski definition) is 2. The van der Waals surface area contributed by atoms with Crippen molar-refractivity contribution in [2.45, 2.75) is 6.61 Å². The van der Waals surface area contributed by atoms with Gasteiger partial charge in [0.05, 0.1) is 5.02 Å². The first-order valence-electron chi connectivity index (χ1n) is 4.83. The molecule has 1 aromatic heterocycles. The molecular formula is C12H8Cl2FNO. The van der Waals surface area contributed by atoms with E-state index in [0.717, 1.165) is 11.6 Å². The monoisotopic (exact) mass is 271 g/mol. The molecule has 0 N–H and O–H groups in total. The minimum atomic E-state index is -0.584. The SMILES string of the molecule is Fc1cc(Cl)cnc1OCc1cccc(Cl)c1. The molecule has 0 radical (unpaired) electrons. The van der Waals surface area contributed by atoms with E-state index in [2.05, 4.69) is 4.98 Å². The second kappa shape index (κ2) is 5.34. The summed E-state index contributed by atoms with van der Waals surface area (Å²) in [5.41, 5.74) is 0.841. The number of ether oxygens (including phenoxy) is 1. The molecule has 0 unspecified atom stereocenters. The van der Waals surface area contributed by atoms with Crippen LogP contribution in [-0.2, 0) is 6.61 Å². The average molecular weight is 272 g/mol. The van der Waals surface area contributed by atoms with E-state index in [4.69, 9.17) is 27.9 Å². The molecule has 17 heavy (non-hydrogen) atoms. The van der Waals surface area contributed by atoms with E-state index in [1.54, 1.807) is 18.2 Å². The van der Waals surface area contributed by atoms with Crippen LogP contribution in [0.2, 0.25) is 10.0 Å². The van der Waals surface area contributed by atoms with Crippen molar-refractivity contribution in [1.29, 1.82) is 0 Å². The zero-order valence-electron chi connectivity index (χ0n) is 8.66. The molecule has 2 rings (SSSR count). The summed E-state index contributed by atoms with van der Waals surface area (Å²) in [5, 5.41) is 0.841. The Morgan fingerprint density at radius 2 is 2.00 bits per heavy atom. The number of rotatable bonds is 3. The number of aromatic nitrogens is 1. The molecular weight excluding hydrogens is 264 g/mol. The van der Waals surface area contributed by atoms with Gasteiger partial charge in [0.1, 0.15) is 6.61 Å². The fourth-order valence-corrected chi connectivity index (χ4v) is 1.64. The van der Waals surface area contributed by atoms with Crippen LogP contribution in [0.1, 0.15) is 5.56 Å². The maximum atomic E-state index is 13.3. The van der Waals surface area contributed by atoms with Gasteiger partial charge in [-0.2, -0.15) is 0 Å². The van der Waals surface area contributed by atoms with Gasteiger partial charge in [0.2, 0.25) is 0 Å². The van der Waals surface area contributed by atoms with Crippen LogP contribution in [0, 0.1) is 5.82 Å². The van der Waals surface area contributed by atoms with E-state index in [0.29, 0.717) is 5.02 Å². The zero-order chi connectivity index (χ0) is 12.3. The van der Waals surface area contributed by atoms with Crippen LogP contribution in [0.3, 0.4) is 0 Å². The highest BCUT2D eigenvalue weighted by Crippen LogP contribution is 2.19. The number of pyridine rings is 1. The summed E-state index contributed by atoms with van der Waals surface area (Å²) in [5.74, 6) is -0.658. The van der Waals surface area contributed by atoms with Crippen LogP contribution in [0.25, 0.3) is 0 Å². The molecule has 0 atom stereocenters. The Balaban J connectivity index is 2.07. The number of hydrogen-bond donors (Lipinski definition) is 0. The molecule has 1 heterocycles. The van der Waals surface area contributed by atoms with Gasteiger partial charge >= 0.3 is 0 Å². The van der Waals surface area contributed by atoms with Gasteiger partial charge < -0.3 is 4.74 Å². The number of benzene rings is 1. The van der Waals surface area contributed by atoms with Crippen molar-refractivity contribution < 1.29 is 9.13 Å². The first kappa shape index (κ1) is 12.1. The lowest BCUT2D eigenvalue weighted by molar-refractivity contribution is 0.277. The summed E-state index contributed by atoms with van der Waals surface area (Å²) >= 11 is 11.4. The molecule has 2 nitrogen and oxygen atoms in total. The normalized spacial score (nSPS) is 10.3.